The molecule has 0 atom stereocenters. The molecule has 0 saturated heterocycles. The summed E-state index contributed by atoms with van der Waals surface area (Å²) in [4.78, 5) is 30.9. The first kappa shape index (κ1) is 30.0. The first-order valence-electron chi connectivity index (χ1n) is 16.4. The van der Waals surface area contributed by atoms with Gasteiger partial charge in [-0.15, -0.1) is 0 Å². The van der Waals surface area contributed by atoms with Gasteiger partial charge in [-0.2, -0.15) is 0 Å². The number of halogens is 1. The van der Waals surface area contributed by atoms with E-state index in [0.29, 0.717) is 51.0 Å². The minimum absolute atomic E-state index is 0.0356. The van der Waals surface area contributed by atoms with E-state index in [1.807, 2.05) is 104 Å². The number of amidine groups is 4. The van der Waals surface area contributed by atoms with Crippen molar-refractivity contribution in [3.8, 4) is 0 Å². The van der Waals surface area contributed by atoms with Crippen LogP contribution in [0.1, 0.15) is 22.3 Å². The average Bonchev–Trinajstić information content (AvgIpc) is 3.87. The number of aromatic nitrogens is 2. The molecular formula is C38H20ClGaN8O3S. The molecule has 5 aromatic carbocycles. The summed E-state index contributed by atoms with van der Waals surface area (Å²) < 4.78 is 39.4. The van der Waals surface area contributed by atoms with Crippen molar-refractivity contribution in [1.29, 1.82) is 0 Å². The molecule has 7 aromatic rings. The standard InChI is InChI=1S/C32H16N8.C6H5ClO3S.Ga/c1-2-10-18-17(9-1)25-33-26(18)38-28-21-13-5-6-14-22(21)30(35-28)40-32-24-16-8-7-15-23(24)31(36-32)39-29-20-12-4-3-11-19(20)27(34-29)37-25;7-5-1-3-6(4-2-5)11(8,9)10;/h1-16H;1-4H,(H,8,9,10);/q-2;;+3/p-1. The van der Waals surface area contributed by atoms with Crippen LogP contribution >= 0.6 is 11.6 Å². The molecule has 11 nitrogen and oxygen atoms in total. The van der Waals surface area contributed by atoms with Crippen LogP contribution in [-0.2, 0) is 13.1 Å². The van der Waals surface area contributed by atoms with Crippen LogP contribution in [0, 0.1) is 0 Å². The topological polar surface area (TPSA) is 127 Å². The van der Waals surface area contributed by atoms with Crippen LogP contribution in [0.4, 0.5) is 11.6 Å². The molecule has 6 heterocycles. The van der Waals surface area contributed by atoms with Crippen molar-refractivity contribution >= 4 is 95.3 Å². The molecular weight excluding hydrogens is 754 g/mol. The predicted molar refractivity (Wildman–Crippen MR) is 201 cm³/mol. The van der Waals surface area contributed by atoms with Crippen molar-refractivity contribution in [2.24, 2.45) is 30.0 Å². The molecule has 11 rings (SSSR count). The van der Waals surface area contributed by atoms with E-state index in [0.717, 1.165) is 43.8 Å². The third-order valence-corrected chi connectivity index (χ3v) is 17.7. The molecule has 0 N–H and O–H groups in total. The van der Waals surface area contributed by atoms with Gasteiger partial charge in [0.05, 0.1) is 0 Å². The van der Waals surface area contributed by atoms with Crippen molar-refractivity contribution < 1.29 is 11.4 Å². The fraction of sp³-hybridized carbons (Fsp3) is 0. The average molecular weight is 774 g/mol. The molecule has 0 saturated carbocycles. The molecule has 0 amide bonds. The van der Waals surface area contributed by atoms with Gasteiger partial charge in [0.2, 0.25) is 0 Å². The van der Waals surface area contributed by atoms with E-state index in [9.17, 15) is 8.42 Å². The summed E-state index contributed by atoms with van der Waals surface area (Å²) in [6.45, 7) is 0. The third kappa shape index (κ3) is 4.28. The molecule has 0 radical (unpaired) electrons. The first-order valence-corrected chi connectivity index (χ1v) is 21.3. The van der Waals surface area contributed by atoms with Crippen LogP contribution in [-0.4, -0.2) is 55.4 Å². The number of hydrogen-bond donors (Lipinski definition) is 0. The summed E-state index contributed by atoms with van der Waals surface area (Å²) in [5.74, 6) is 2.74. The van der Waals surface area contributed by atoms with E-state index < -0.39 is 27.2 Å². The number of fused-ring (bicyclic) bond motifs is 14. The number of aliphatic imine (C=N–C) groups is 4. The quantitative estimate of drug-likeness (QED) is 0.205. The van der Waals surface area contributed by atoms with Gasteiger partial charge in [-0.05, 0) is 0 Å². The second-order valence-corrected chi connectivity index (χ2v) is 19.3. The maximum atomic E-state index is 14.5. The Hall–Kier alpha value is -5.70. The van der Waals surface area contributed by atoms with Gasteiger partial charge in [-0.25, -0.2) is 0 Å². The summed E-state index contributed by atoms with van der Waals surface area (Å²) in [7, 11) is -4.41. The summed E-state index contributed by atoms with van der Waals surface area (Å²) in [6.07, 6.45) is 0. The third-order valence-electron chi connectivity index (χ3n) is 9.58. The predicted octanol–water partition coefficient (Wildman–Crippen LogP) is 5.98. The van der Waals surface area contributed by atoms with Crippen molar-refractivity contribution in [3.63, 3.8) is 0 Å². The molecule has 0 unspecified atom stereocenters. The summed E-state index contributed by atoms with van der Waals surface area (Å²) in [5.41, 5.74) is 4.16. The fourth-order valence-electron chi connectivity index (χ4n) is 7.24. The monoisotopic (exact) mass is 772 g/mol. The Morgan fingerprint density at radius 1 is 0.481 bits per heavy atom. The Morgan fingerprint density at radius 2 is 0.885 bits per heavy atom. The Morgan fingerprint density at radius 3 is 1.35 bits per heavy atom. The summed E-state index contributed by atoms with van der Waals surface area (Å²) in [6, 6.07) is 37.1. The van der Waals surface area contributed by atoms with Crippen molar-refractivity contribution in [1.82, 2.24) is 6.55 Å². The number of rotatable bonds is 3. The molecule has 4 aliphatic rings. The molecule has 4 aliphatic heterocycles. The normalized spacial score (nSPS) is 15.2. The van der Waals surface area contributed by atoms with Gasteiger partial charge in [0.1, 0.15) is 0 Å². The molecule has 0 fully saturated rings. The van der Waals surface area contributed by atoms with Gasteiger partial charge in [0, 0.05) is 0 Å². The summed E-state index contributed by atoms with van der Waals surface area (Å²) >= 11 is 1.78. The first-order chi connectivity index (χ1) is 25.4. The van der Waals surface area contributed by atoms with Gasteiger partial charge in [0.15, 0.2) is 0 Å². The van der Waals surface area contributed by atoms with Crippen LogP contribution in [0.25, 0.3) is 21.5 Å². The van der Waals surface area contributed by atoms with E-state index in [2.05, 4.69) is 0 Å². The number of benzene rings is 5. The fourth-order valence-corrected chi connectivity index (χ4v) is 15.4. The van der Waals surface area contributed by atoms with E-state index in [4.69, 9.17) is 44.5 Å². The zero-order valence-corrected chi connectivity index (χ0v) is 30.7. The second-order valence-electron chi connectivity index (χ2n) is 12.5. The van der Waals surface area contributed by atoms with Crippen molar-refractivity contribution in [3.05, 3.63) is 160 Å². The van der Waals surface area contributed by atoms with Gasteiger partial charge in [-0.1, -0.05) is 0 Å². The Bertz CT molecular complexity index is 2980. The molecule has 6 bridgehead atoms. The molecule has 0 spiro atoms. The van der Waals surface area contributed by atoms with Crippen LogP contribution in [0.2, 0.25) is 5.02 Å². The molecule has 52 heavy (non-hydrogen) atoms. The van der Waals surface area contributed by atoms with Crippen LogP contribution < -0.4 is 11.0 Å². The van der Waals surface area contributed by atoms with Crippen LogP contribution in [0.3, 0.4) is 0 Å². The SMILES string of the molecule is O=S(=O)([O][Ga]1[n]2c3c4ccccc4c2N=C2N=C(N=c4c5ccccc5c([n]41)=NC1=NC(=N3)c3ccccc31)c1ccccc12)c1ccc(Cl)cc1. The van der Waals surface area contributed by atoms with E-state index >= 15 is 0 Å². The Balaban J connectivity index is 1.38. The summed E-state index contributed by atoms with van der Waals surface area (Å²) in [5, 5.41) is 3.41. The zero-order valence-electron chi connectivity index (χ0n) is 26.7. The van der Waals surface area contributed by atoms with Crippen molar-refractivity contribution in [2.45, 2.75) is 4.90 Å². The van der Waals surface area contributed by atoms with Gasteiger partial charge >= 0.3 is 308 Å². The van der Waals surface area contributed by atoms with Crippen LogP contribution in [0.5, 0.6) is 0 Å². The molecule has 0 aliphatic carbocycles. The van der Waals surface area contributed by atoms with Gasteiger partial charge in [-0.3, -0.25) is 0 Å². The maximum absolute atomic E-state index is 14.5. The van der Waals surface area contributed by atoms with Crippen LogP contribution in [0.15, 0.2) is 156 Å². The number of nitrogens with zero attached hydrogens (tertiary/aromatic N) is 8. The molecule has 14 heteroatoms. The Kier molecular flexibility index (Phi) is 6.28. The second kappa shape index (κ2) is 10.9. The van der Waals surface area contributed by atoms with Gasteiger partial charge < -0.3 is 0 Å². The van der Waals surface area contributed by atoms with E-state index in [1.165, 1.54) is 24.3 Å². The molecule has 246 valence electrons. The minimum atomic E-state index is -4.41. The van der Waals surface area contributed by atoms with Gasteiger partial charge in [0.25, 0.3) is 0 Å². The van der Waals surface area contributed by atoms with Crippen molar-refractivity contribution in [2.75, 3.05) is 0 Å². The van der Waals surface area contributed by atoms with E-state index in [1.54, 1.807) is 0 Å². The number of hydrogen-bond acceptors (Lipinski definition) is 9. The molecule has 2 aromatic heterocycles. The Labute approximate surface area is 306 Å². The zero-order chi connectivity index (χ0) is 34.7. The van der Waals surface area contributed by atoms with E-state index in [-0.39, 0.29) is 4.90 Å².